The second kappa shape index (κ2) is 6.62. The molecule has 1 aromatic rings. The topological polar surface area (TPSA) is 41.1 Å². The number of hydrogen-bond acceptors (Lipinski definition) is 2. The molecular formula is C13H19ClN2O. The fraction of sp³-hybridized carbons (Fsp3) is 0.462. The molecule has 0 heterocycles. The SMILES string of the molecule is CCN[C@H](C)CNC(=O)c1ccc(C)c(Cl)c1. The highest BCUT2D eigenvalue weighted by Crippen LogP contribution is 2.16. The van der Waals surface area contributed by atoms with Crippen LogP contribution in [0, 0.1) is 6.92 Å². The molecule has 1 aromatic carbocycles. The molecule has 0 radical (unpaired) electrons. The summed E-state index contributed by atoms with van der Waals surface area (Å²) in [5.74, 6) is -0.0864. The van der Waals surface area contributed by atoms with E-state index < -0.39 is 0 Å². The Balaban J connectivity index is 2.55. The van der Waals surface area contributed by atoms with Crippen molar-refractivity contribution in [2.24, 2.45) is 0 Å². The summed E-state index contributed by atoms with van der Waals surface area (Å²) in [5, 5.41) is 6.72. The van der Waals surface area contributed by atoms with Gasteiger partial charge in [-0.25, -0.2) is 0 Å². The maximum absolute atomic E-state index is 11.8. The molecule has 0 saturated carbocycles. The van der Waals surface area contributed by atoms with E-state index in [9.17, 15) is 4.79 Å². The van der Waals surface area contributed by atoms with Gasteiger partial charge in [-0.05, 0) is 38.1 Å². The molecule has 0 fully saturated rings. The molecular weight excluding hydrogens is 236 g/mol. The first kappa shape index (κ1) is 14.0. The van der Waals surface area contributed by atoms with Gasteiger partial charge < -0.3 is 10.6 Å². The van der Waals surface area contributed by atoms with Gasteiger partial charge in [0.2, 0.25) is 0 Å². The molecule has 0 aliphatic rings. The van der Waals surface area contributed by atoms with Crippen LogP contribution in [0.2, 0.25) is 5.02 Å². The third kappa shape index (κ3) is 4.36. The second-order valence-corrected chi connectivity index (χ2v) is 4.54. The molecule has 1 amide bonds. The molecule has 4 heteroatoms. The van der Waals surface area contributed by atoms with Crippen LogP contribution in [-0.2, 0) is 0 Å². The quantitative estimate of drug-likeness (QED) is 0.847. The Morgan fingerprint density at radius 3 is 2.76 bits per heavy atom. The standard InChI is InChI=1S/C13H19ClN2O/c1-4-15-10(3)8-16-13(17)11-6-5-9(2)12(14)7-11/h5-7,10,15H,4,8H2,1-3H3,(H,16,17)/t10-/m1/s1. The van der Waals surface area contributed by atoms with Gasteiger partial charge in [0.25, 0.3) is 5.91 Å². The van der Waals surface area contributed by atoms with E-state index in [1.807, 2.05) is 26.8 Å². The first-order valence-corrected chi connectivity index (χ1v) is 6.20. The molecule has 94 valence electrons. The number of halogens is 1. The van der Waals surface area contributed by atoms with E-state index in [-0.39, 0.29) is 11.9 Å². The summed E-state index contributed by atoms with van der Waals surface area (Å²) >= 11 is 5.98. The summed E-state index contributed by atoms with van der Waals surface area (Å²) in [6.07, 6.45) is 0. The molecule has 0 saturated heterocycles. The summed E-state index contributed by atoms with van der Waals surface area (Å²) in [4.78, 5) is 11.8. The zero-order chi connectivity index (χ0) is 12.8. The number of aryl methyl sites for hydroxylation is 1. The normalized spacial score (nSPS) is 12.2. The summed E-state index contributed by atoms with van der Waals surface area (Å²) < 4.78 is 0. The summed E-state index contributed by atoms with van der Waals surface area (Å²) in [6.45, 7) is 7.49. The predicted octanol–water partition coefficient (Wildman–Crippen LogP) is 2.38. The summed E-state index contributed by atoms with van der Waals surface area (Å²) in [5.41, 5.74) is 1.58. The minimum Gasteiger partial charge on any atom is -0.350 e. The van der Waals surface area contributed by atoms with Crippen molar-refractivity contribution in [3.63, 3.8) is 0 Å². The van der Waals surface area contributed by atoms with E-state index >= 15 is 0 Å². The van der Waals surface area contributed by atoms with Gasteiger partial charge in [0.1, 0.15) is 0 Å². The Labute approximate surface area is 108 Å². The van der Waals surface area contributed by atoms with E-state index in [2.05, 4.69) is 10.6 Å². The van der Waals surface area contributed by atoms with Crippen molar-refractivity contribution >= 4 is 17.5 Å². The van der Waals surface area contributed by atoms with Crippen LogP contribution in [0.4, 0.5) is 0 Å². The Kier molecular flexibility index (Phi) is 5.45. The molecule has 0 aliphatic heterocycles. The lowest BCUT2D eigenvalue weighted by molar-refractivity contribution is 0.0950. The van der Waals surface area contributed by atoms with Gasteiger partial charge in [-0.2, -0.15) is 0 Å². The predicted molar refractivity (Wildman–Crippen MR) is 71.7 cm³/mol. The van der Waals surface area contributed by atoms with Crippen molar-refractivity contribution in [2.45, 2.75) is 26.8 Å². The smallest absolute Gasteiger partial charge is 0.251 e. The van der Waals surface area contributed by atoms with Crippen LogP contribution < -0.4 is 10.6 Å². The zero-order valence-corrected chi connectivity index (χ0v) is 11.3. The van der Waals surface area contributed by atoms with Crippen molar-refractivity contribution in [3.05, 3.63) is 34.3 Å². The number of nitrogens with one attached hydrogen (secondary N) is 2. The number of amides is 1. The number of hydrogen-bond donors (Lipinski definition) is 2. The average molecular weight is 255 g/mol. The molecule has 17 heavy (non-hydrogen) atoms. The van der Waals surface area contributed by atoms with Gasteiger partial charge in [0.15, 0.2) is 0 Å². The molecule has 0 unspecified atom stereocenters. The van der Waals surface area contributed by atoms with Gasteiger partial charge in [-0.15, -0.1) is 0 Å². The van der Waals surface area contributed by atoms with Crippen molar-refractivity contribution in [2.75, 3.05) is 13.1 Å². The number of carbonyl (C=O) groups excluding carboxylic acids is 1. The number of rotatable bonds is 5. The summed E-state index contributed by atoms with van der Waals surface area (Å²) in [6, 6.07) is 5.61. The first-order valence-electron chi connectivity index (χ1n) is 5.82. The van der Waals surface area contributed by atoms with Crippen LogP contribution in [0.3, 0.4) is 0 Å². The van der Waals surface area contributed by atoms with Crippen molar-refractivity contribution in [3.8, 4) is 0 Å². The average Bonchev–Trinajstić information content (AvgIpc) is 2.30. The zero-order valence-electron chi connectivity index (χ0n) is 10.5. The third-order valence-corrected chi connectivity index (χ3v) is 2.96. The van der Waals surface area contributed by atoms with Crippen LogP contribution in [0.15, 0.2) is 18.2 Å². The monoisotopic (exact) mass is 254 g/mol. The minimum atomic E-state index is -0.0864. The van der Waals surface area contributed by atoms with Gasteiger partial charge in [-0.3, -0.25) is 4.79 Å². The van der Waals surface area contributed by atoms with Crippen LogP contribution in [-0.4, -0.2) is 25.0 Å². The highest BCUT2D eigenvalue weighted by molar-refractivity contribution is 6.31. The number of carbonyl (C=O) groups is 1. The van der Waals surface area contributed by atoms with Crippen LogP contribution in [0.1, 0.15) is 29.8 Å². The van der Waals surface area contributed by atoms with Gasteiger partial charge in [-0.1, -0.05) is 24.6 Å². The largest absolute Gasteiger partial charge is 0.350 e. The fourth-order valence-corrected chi connectivity index (χ4v) is 1.68. The molecule has 0 aromatic heterocycles. The molecule has 3 nitrogen and oxygen atoms in total. The summed E-state index contributed by atoms with van der Waals surface area (Å²) in [7, 11) is 0. The lowest BCUT2D eigenvalue weighted by Crippen LogP contribution is -2.38. The van der Waals surface area contributed by atoms with E-state index in [0.29, 0.717) is 17.1 Å². The van der Waals surface area contributed by atoms with Crippen molar-refractivity contribution < 1.29 is 4.79 Å². The van der Waals surface area contributed by atoms with Crippen LogP contribution >= 0.6 is 11.6 Å². The highest BCUT2D eigenvalue weighted by Gasteiger charge is 2.08. The number of benzene rings is 1. The van der Waals surface area contributed by atoms with E-state index in [4.69, 9.17) is 11.6 Å². The van der Waals surface area contributed by atoms with E-state index in [0.717, 1.165) is 12.1 Å². The lowest BCUT2D eigenvalue weighted by Gasteiger charge is -2.13. The van der Waals surface area contributed by atoms with E-state index in [1.54, 1.807) is 12.1 Å². The molecule has 0 aliphatic carbocycles. The second-order valence-electron chi connectivity index (χ2n) is 4.13. The van der Waals surface area contributed by atoms with Crippen LogP contribution in [0.5, 0.6) is 0 Å². The fourth-order valence-electron chi connectivity index (χ4n) is 1.50. The van der Waals surface area contributed by atoms with Gasteiger partial charge in [0.05, 0.1) is 0 Å². The van der Waals surface area contributed by atoms with Crippen molar-refractivity contribution in [1.82, 2.24) is 10.6 Å². The molecule has 2 N–H and O–H groups in total. The van der Waals surface area contributed by atoms with Crippen LogP contribution in [0.25, 0.3) is 0 Å². The Hall–Kier alpha value is -1.06. The molecule has 1 rings (SSSR count). The maximum atomic E-state index is 11.8. The number of likely N-dealkylation sites (N-methyl/N-ethyl adjacent to an activating group) is 1. The molecule has 1 atom stereocenters. The molecule has 0 bridgehead atoms. The first-order chi connectivity index (χ1) is 8.04. The maximum Gasteiger partial charge on any atom is 0.251 e. The molecule has 0 spiro atoms. The van der Waals surface area contributed by atoms with Crippen molar-refractivity contribution in [1.29, 1.82) is 0 Å². The Morgan fingerprint density at radius 1 is 1.47 bits per heavy atom. The Morgan fingerprint density at radius 2 is 2.18 bits per heavy atom. The third-order valence-electron chi connectivity index (χ3n) is 2.56. The minimum absolute atomic E-state index is 0.0864. The van der Waals surface area contributed by atoms with Gasteiger partial charge in [0, 0.05) is 23.2 Å². The van der Waals surface area contributed by atoms with E-state index in [1.165, 1.54) is 0 Å². The Bertz CT molecular complexity index is 393. The highest BCUT2D eigenvalue weighted by atomic mass is 35.5. The van der Waals surface area contributed by atoms with Gasteiger partial charge >= 0.3 is 0 Å². The lowest BCUT2D eigenvalue weighted by atomic mass is 10.1.